The molecule has 2 heterocycles. The van der Waals surface area contributed by atoms with Gasteiger partial charge in [-0.15, -0.1) is 22.9 Å². The molecule has 0 bridgehead atoms. The van der Waals surface area contributed by atoms with Crippen molar-refractivity contribution in [3.8, 4) is 0 Å². The Morgan fingerprint density at radius 3 is 2.69 bits per heavy atom. The number of aromatic nitrogens is 1. The third-order valence-corrected chi connectivity index (χ3v) is 5.22. The number of esters is 1. The van der Waals surface area contributed by atoms with E-state index in [0.29, 0.717) is 5.56 Å². The van der Waals surface area contributed by atoms with Gasteiger partial charge >= 0.3 is 5.97 Å². The molecule has 1 aromatic carbocycles. The number of benzene rings is 1. The quantitative estimate of drug-likeness (QED) is 0.156. The Bertz CT molecular complexity index is 1040. The Morgan fingerprint density at radius 1 is 1.28 bits per heavy atom. The second-order valence-electron chi connectivity index (χ2n) is 6.37. The lowest BCUT2D eigenvalue weighted by atomic mass is 9.99. The molecule has 3 rings (SSSR count). The minimum absolute atomic E-state index is 0.131. The number of nitrogens with one attached hydrogen (secondary N) is 3. The smallest absolute Gasteiger partial charge is 0.338 e. The van der Waals surface area contributed by atoms with Crippen LogP contribution in [0.2, 0.25) is 0 Å². The number of oxime groups is 1. The number of hydrogen-bond donors (Lipinski definition) is 3. The molecular formula is C19H18ClN5O6S. The Kier molecular flexibility index (Phi) is 7.73. The van der Waals surface area contributed by atoms with Gasteiger partial charge in [-0.1, -0.05) is 23.4 Å². The molecule has 2 aromatic rings. The summed E-state index contributed by atoms with van der Waals surface area (Å²) in [6, 6.07) is 6.82. The third kappa shape index (κ3) is 5.59. The largest absolute Gasteiger partial charge is 0.460 e. The summed E-state index contributed by atoms with van der Waals surface area (Å²) in [6.07, 6.45) is 0. The third-order valence-electron chi connectivity index (χ3n) is 4.21. The topological polar surface area (TPSA) is 148 Å². The van der Waals surface area contributed by atoms with E-state index in [1.807, 2.05) is 0 Å². The van der Waals surface area contributed by atoms with E-state index in [2.05, 4.69) is 26.1 Å². The molecule has 1 fully saturated rings. The van der Waals surface area contributed by atoms with E-state index in [1.54, 1.807) is 30.3 Å². The lowest BCUT2D eigenvalue weighted by Crippen LogP contribution is -2.71. The molecule has 11 nitrogen and oxygen atoms in total. The second kappa shape index (κ2) is 10.7. The number of amides is 3. The summed E-state index contributed by atoms with van der Waals surface area (Å²) < 4.78 is 5.21. The molecule has 3 amide bonds. The number of carbonyl (C=O) groups excluding carboxylic acids is 4. The fourth-order valence-corrected chi connectivity index (χ4v) is 3.45. The number of alkyl halides is 1. The van der Waals surface area contributed by atoms with Crippen LogP contribution in [0.3, 0.4) is 0 Å². The van der Waals surface area contributed by atoms with Crippen LogP contribution in [-0.4, -0.2) is 66.1 Å². The van der Waals surface area contributed by atoms with Crippen molar-refractivity contribution in [3.05, 3.63) is 47.0 Å². The van der Waals surface area contributed by atoms with Crippen molar-refractivity contribution in [1.29, 1.82) is 0 Å². The normalized spacial score (nSPS) is 17.6. The molecule has 0 aliphatic carbocycles. The highest BCUT2D eigenvalue weighted by molar-refractivity contribution is 7.14. The summed E-state index contributed by atoms with van der Waals surface area (Å²) in [5.74, 6) is -2.42. The van der Waals surface area contributed by atoms with Crippen molar-refractivity contribution >= 4 is 57.5 Å². The molecule has 3 N–H and O–H groups in total. The first-order chi connectivity index (χ1) is 15.4. The van der Waals surface area contributed by atoms with Crippen LogP contribution >= 0.6 is 22.9 Å². The maximum absolute atomic E-state index is 12.7. The summed E-state index contributed by atoms with van der Waals surface area (Å²) in [4.78, 5) is 57.0. The lowest BCUT2D eigenvalue weighted by molar-refractivity contribution is -0.135. The molecule has 0 saturated carbocycles. The fraction of sp³-hybridized carbons (Fsp3) is 0.263. The van der Waals surface area contributed by atoms with Gasteiger partial charge in [0.05, 0.1) is 11.6 Å². The van der Waals surface area contributed by atoms with E-state index in [-0.39, 0.29) is 29.0 Å². The van der Waals surface area contributed by atoms with Gasteiger partial charge in [-0.25, -0.2) is 9.78 Å². The van der Waals surface area contributed by atoms with Crippen LogP contribution in [-0.2, 0) is 24.0 Å². The molecule has 0 unspecified atom stereocenters. The molecule has 0 radical (unpaired) electrons. The Morgan fingerprint density at radius 2 is 2.03 bits per heavy atom. The van der Waals surface area contributed by atoms with Crippen molar-refractivity contribution in [3.63, 3.8) is 0 Å². The minimum Gasteiger partial charge on any atom is -0.460 e. The standard InChI is InChI=1S/C19H18ClN5O6S/c1-30-25-15(12-9-32-19(22-12)23-13(26)7-20)17(28)24-14-11(21-16(14)27)8-31-18(29)10-5-3-2-4-6-10/h2-6,9,11,14H,7-8H2,1H3,(H,21,27)(H,24,28)(H,22,23,26)/t11-,14+/m0/s1. The first-order valence-electron chi connectivity index (χ1n) is 9.19. The predicted molar refractivity (Wildman–Crippen MR) is 116 cm³/mol. The Labute approximate surface area is 191 Å². The molecule has 13 heteroatoms. The number of rotatable bonds is 9. The summed E-state index contributed by atoms with van der Waals surface area (Å²) in [7, 11) is 1.25. The van der Waals surface area contributed by atoms with Gasteiger partial charge in [-0.3, -0.25) is 14.4 Å². The van der Waals surface area contributed by atoms with Crippen molar-refractivity contribution in [2.24, 2.45) is 5.16 Å². The van der Waals surface area contributed by atoms with Crippen LogP contribution in [0.15, 0.2) is 40.9 Å². The van der Waals surface area contributed by atoms with Crippen molar-refractivity contribution < 1.29 is 28.8 Å². The maximum Gasteiger partial charge on any atom is 0.338 e. The number of nitrogens with zero attached hydrogens (tertiary/aromatic N) is 2. The zero-order chi connectivity index (χ0) is 23.1. The maximum atomic E-state index is 12.7. The highest BCUT2D eigenvalue weighted by Crippen LogP contribution is 2.17. The average molecular weight is 480 g/mol. The van der Waals surface area contributed by atoms with Crippen molar-refractivity contribution in [2.45, 2.75) is 12.1 Å². The predicted octanol–water partition coefficient (Wildman–Crippen LogP) is 0.511. The molecule has 0 spiro atoms. The number of anilines is 1. The zero-order valence-electron chi connectivity index (χ0n) is 16.7. The number of ether oxygens (including phenoxy) is 1. The number of thiazole rings is 1. The van der Waals surface area contributed by atoms with E-state index < -0.39 is 35.8 Å². The first-order valence-corrected chi connectivity index (χ1v) is 10.6. The molecule has 1 aromatic heterocycles. The Balaban J connectivity index is 1.61. The van der Waals surface area contributed by atoms with Gasteiger partial charge in [0.15, 0.2) is 10.8 Å². The van der Waals surface area contributed by atoms with E-state index >= 15 is 0 Å². The van der Waals surface area contributed by atoms with Gasteiger partial charge in [0.25, 0.3) is 5.91 Å². The molecule has 1 aliphatic rings. The van der Waals surface area contributed by atoms with Crippen LogP contribution in [0, 0.1) is 0 Å². The summed E-state index contributed by atoms with van der Waals surface area (Å²) >= 11 is 6.51. The first kappa shape index (κ1) is 23.2. The monoisotopic (exact) mass is 479 g/mol. The number of carbonyl (C=O) groups is 4. The van der Waals surface area contributed by atoms with E-state index in [1.165, 1.54) is 12.5 Å². The lowest BCUT2D eigenvalue weighted by Gasteiger charge is -2.36. The van der Waals surface area contributed by atoms with Gasteiger partial charge in [0.1, 0.15) is 31.3 Å². The summed E-state index contributed by atoms with van der Waals surface area (Å²) in [5, 5.41) is 12.9. The van der Waals surface area contributed by atoms with Crippen LogP contribution in [0.5, 0.6) is 0 Å². The molecule has 1 saturated heterocycles. The number of hydrogen-bond acceptors (Lipinski definition) is 9. The second-order valence-corrected chi connectivity index (χ2v) is 7.50. The SMILES string of the molecule is CON=C(C(=O)N[C@H]1C(=O)N[C@H]1COC(=O)c1ccccc1)c1csc(NC(=O)CCl)n1. The Hall–Kier alpha value is -3.51. The van der Waals surface area contributed by atoms with E-state index in [4.69, 9.17) is 21.2 Å². The van der Waals surface area contributed by atoms with Crippen molar-refractivity contribution in [1.82, 2.24) is 15.6 Å². The minimum atomic E-state index is -0.942. The molecule has 1 aliphatic heterocycles. The fourth-order valence-electron chi connectivity index (χ4n) is 2.67. The van der Waals surface area contributed by atoms with Crippen LogP contribution in [0.4, 0.5) is 5.13 Å². The molecular weight excluding hydrogens is 462 g/mol. The number of β-lactam (4-membered cyclic amide) rings is 1. The van der Waals surface area contributed by atoms with Crippen molar-refractivity contribution in [2.75, 3.05) is 24.9 Å². The van der Waals surface area contributed by atoms with Crippen LogP contribution < -0.4 is 16.0 Å². The summed E-state index contributed by atoms with van der Waals surface area (Å²) in [6.45, 7) is -0.132. The van der Waals surface area contributed by atoms with Crippen LogP contribution in [0.25, 0.3) is 0 Å². The highest BCUT2D eigenvalue weighted by atomic mass is 35.5. The average Bonchev–Trinajstić information content (AvgIpc) is 3.26. The van der Waals surface area contributed by atoms with Gasteiger partial charge in [-0.05, 0) is 12.1 Å². The zero-order valence-corrected chi connectivity index (χ0v) is 18.2. The van der Waals surface area contributed by atoms with Crippen LogP contribution in [0.1, 0.15) is 16.1 Å². The van der Waals surface area contributed by atoms with E-state index in [9.17, 15) is 19.2 Å². The molecule has 168 valence electrons. The van der Waals surface area contributed by atoms with Gasteiger partial charge in [0.2, 0.25) is 11.8 Å². The highest BCUT2D eigenvalue weighted by Gasteiger charge is 2.42. The molecule has 32 heavy (non-hydrogen) atoms. The van der Waals surface area contributed by atoms with Gasteiger partial charge < -0.3 is 25.5 Å². The van der Waals surface area contributed by atoms with Gasteiger partial charge in [-0.2, -0.15) is 0 Å². The van der Waals surface area contributed by atoms with Gasteiger partial charge in [0, 0.05) is 5.38 Å². The molecule has 2 atom stereocenters. The van der Waals surface area contributed by atoms with E-state index in [0.717, 1.165) is 11.3 Å². The summed E-state index contributed by atoms with van der Waals surface area (Å²) in [5.41, 5.74) is 0.301. The number of halogens is 1.